The molecule has 1 aliphatic rings. The first-order valence-electron chi connectivity index (χ1n) is 8.19. The lowest BCUT2D eigenvalue weighted by atomic mass is 9.96. The van der Waals surface area contributed by atoms with Crippen molar-refractivity contribution >= 4 is 0 Å². The van der Waals surface area contributed by atoms with Crippen LogP contribution in [0.3, 0.4) is 0 Å². The van der Waals surface area contributed by atoms with Gasteiger partial charge in [0, 0.05) is 12.8 Å². The van der Waals surface area contributed by atoms with Gasteiger partial charge in [-0.2, -0.15) is 10.4 Å². The van der Waals surface area contributed by atoms with Gasteiger partial charge in [0.2, 0.25) is 0 Å². The van der Waals surface area contributed by atoms with Crippen LogP contribution in [0.15, 0.2) is 36.7 Å². The molecule has 0 atom stereocenters. The Morgan fingerprint density at radius 1 is 1.20 bits per heavy atom. The predicted octanol–water partition coefficient (Wildman–Crippen LogP) is 2.35. The van der Waals surface area contributed by atoms with Crippen LogP contribution >= 0.6 is 0 Å². The number of ether oxygens (including phenoxy) is 4. The lowest BCUT2D eigenvalue weighted by Gasteiger charge is -2.30. The molecule has 1 aromatic heterocycles. The summed E-state index contributed by atoms with van der Waals surface area (Å²) in [6.45, 7) is 1.83. The van der Waals surface area contributed by atoms with E-state index in [0.717, 1.165) is 11.4 Å². The van der Waals surface area contributed by atoms with Crippen molar-refractivity contribution < 1.29 is 18.9 Å². The van der Waals surface area contributed by atoms with Gasteiger partial charge in [-0.1, -0.05) is 0 Å². The molecule has 0 radical (unpaired) electrons. The summed E-state index contributed by atoms with van der Waals surface area (Å²) in [4.78, 5) is 0. The Bertz CT molecular complexity index is 715. The molecule has 132 valence electrons. The van der Waals surface area contributed by atoms with Gasteiger partial charge in [0.05, 0.1) is 51.1 Å². The van der Waals surface area contributed by atoms with Crippen molar-refractivity contribution in [1.82, 2.24) is 9.78 Å². The van der Waals surface area contributed by atoms with Crippen LogP contribution in [0.1, 0.15) is 12.8 Å². The van der Waals surface area contributed by atoms with Crippen molar-refractivity contribution in [3.05, 3.63) is 36.7 Å². The van der Waals surface area contributed by atoms with E-state index < -0.39 is 5.60 Å². The van der Waals surface area contributed by atoms with Crippen molar-refractivity contribution in [2.75, 3.05) is 33.5 Å². The van der Waals surface area contributed by atoms with Crippen molar-refractivity contribution in [3.8, 4) is 23.3 Å². The lowest BCUT2D eigenvalue weighted by molar-refractivity contribution is -0.0815. The Balaban J connectivity index is 1.49. The molecule has 2 aromatic rings. The standard InChI is InChI=1S/C18H21N3O4/c1-22-16-4-2-15(3-5-16)21-13-17(12-20-21)24-10-11-25-18(14-19)6-8-23-9-7-18/h2-5,12-13H,6-11H2,1H3. The highest BCUT2D eigenvalue weighted by Crippen LogP contribution is 2.24. The van der Waals surface area contributed by atoms with Crippen molar-refractivity contribution in [2.24, 2.45) is 0 Å². The predicted molar refractivity (Wildman–Crippen MR) is 90.0 cm³/mol. The van der Waals surface area contributed by atoms with Crippen molar-refractivity contribution in [3.63, 3.8) is 0 Å². The fraction of sp³-hybridized carbons (Fsp3) is 0.444. The van der Waals surface area contributed by atoms with Gasteiger partial charge in [-0.3, -0.25) is 0 Å². The average Bonchev–Trinajstić information content (AvgIpc) is 3.15. The van der Waals surface area contributed by atoms with Gasteiger partial charge in [-0.15, -0.1) is 0 Å². The van der Waals surface area contributed by atoms with Crippen LogP contribution in [0.4, 0.5) is 0 Å². The molecule has 1 fully saturated rings. The summed E-state index contributed by atoms with van der Waals surface area (Å²) >= 11 is 0. The molecule has 0 N–H and O–H groups in total. The Morgan fingerprint density at radius 2 is 1.96 bits per heavy atom. The summed E-state index contributed by atoms with van der Waals surface area (Å²) in [5, 5.41) is 13.6. The minimum absolute atomic E-state index is 0.348. The van der Waals surface area contributed by atoms with Crippen LogP contribution in [0.5, 0.6) is 11.5 Å². The zero-order valence-corrected chi connectivity index (χ0v) is 14.2. The summed E-state index contributed by atoms with van der Waals surface area (Å²) in [6, 6.07) is 9.85. The van der Waals surface area contributed by atoms with Crippen LogP contribution < -0.4 is 9.47 Å². The molecule has 25 heavy (non-hydrogen) atoms. The van der Waals surface area contributed by atoms with Crippen LogP contribution in [0.2, 0.25) is 0 Å². The average molecular weight is 343 g/mol. The smallest absolute Gasteiger partial charge is 0.158 e. The fourth-order valence-electron chi connectivity index (χ4n) is 2.64. The molecular formula is C18H21N3O4. The zero-order chi connectivity index (χ0) is 17.5. The second-order valence-electron chi connectivity index (χ2n) is 5.73. The van der Waals surface area contributed by atoms with E-state index in [0.29, 0.717) is 45.0 Å². The SMILES string of the molecule is COc1ccc(-n2cc(OCCOC3(C#N)CCOCC3)cn2)cc1. The normalized spacial score (nSPS) is 16.2. The van der Waals surface area contributed by atoms with E-state index in [1.807, 2.05) is 24.3 Å². The van der Waals surface area contributed by atoms with Crippen LogP contribution in [0, 0.1) is 11.3 Å². The molecule has 1 aliphatic heterocycles. The van der Waals surface area contributed by atoms with E-state index in [1.54, 1.807) is 24.2 Å². The fourth-order valence-corrected chi connectivity index (χ4v) is 2.64. The Hall–Kier alpha value is -2.56. The highest BCUT2D eigenvalue weighted by Gasteiger charge is 2.33. The van der Waals surface area contributed by atoms with E-state index >= 15 is 0 Å². The summed E-state index contributed by atoms with van der Waals surface area (Å²) in [7, 11) is 1.63. The van der Waals surface area contributed by atoms with E-state index in [2.05, 4.69) is 11.2 Å². The van der Waals surface area contributed by atoms with E-state index in [1.165, 1.54) is 0 Å². The van der Waals surface area contributed by atoms with Gasteiger partial charge in [0.15, 0.2) is 11.4 Å². The molecular weight excluding hydrogens is 322 g/mol. The summed E-state index contributed by atoms with van der Waals surface area (Å²) in [5.74, 6) is 1.45. The Labute approximate surface area is 146 Å². The second kappa shape index (κ2) is 8.01. The van der Waals surface area contributed by atoms with Gasteiger partial charge in [-0.05, 0) is 24.3 Å². The number of benzene rings is 1. The van der Waals surface area contributed by atoms with Crippen molar-refractivity contribution in [2.45, 2.75) is 18.4 Å². The number of nitriles is 1. The molecule has 7 heteroatoms. The third-order valence-electron chi connectivity index (χ3n) is 4.13. The minimum atomic E-state index is -0.741. The van der Waals surface area contributed by atoms with Gasteiger partial charge >= 0.3 is 0 Å². The molecule has 1 aromatic carbocycles. The third kappa shape index (κ3) is 4.29. The first-order valence-corrected chi connectivity index (χ1v) is 8.19. The summed E-state index contributed by atoms with van der Waals surface area (Å²) in [6.07, 6.45) is 4.65. The summed E-state index contributed by atoms with van der Waals surface area (Å²) < 4.78 is 23.6. The number of methoxy groups -OCH3 is 1. The first-order chi connectivity index (χ1) is 12.2. The van der Waals surface area contributed by atoms with Gasteiger partial charge in [0.1, 0.15) is 12.4 Å². The highest BCUT2D eigenvalue weighted by molar-refractivity contribution is 5.37. The number of hydrogen-bond donors (Lipinski definition) is 0. The second-order valence-corrected chi connectivity index (χ2v) is 5.73. The minimum Gasteiger partial charge on any atom is -0.497 e. The molecule has 0 unspecified atom stereocenters. The monoisotopic (exact) mass is 343 g/mol. The van der Waals surface area contributed by atoms with E-state index in [4.69, 9.17) is 18.9 Å². The summed E-state index contributed by atoms with van der Waals surface area (Å²) in [5.41, 5.74) is 0.173. The maximum Gasteiger partial charge on any atom is 0.158 e. The number of aromatic nitrogens is 2. The highest BCUT2D eigenvalue weighted by atomic mass is 16.5. The molecule has 0 bridgehead atoms. The Morgan fingerprint density at radius 3 is 2.64 bits per heavy atom. The van der Waals surface area contributed by atoms with Crippen LogP contribution in [0.25, 0.3) is 5.69 Å². The molecule has 3 rings (SSSR count). The maximum absolute atomic E-state index is 9.33. The first kappa shape index (κ1) is 17.3. The molecule has 2 heterocycles. The van der Waals surface area contributed by atoms with Crippen LogP contribution in [-0.4, -0.2) is 48.9 Å². The maximum atomic E-state index is 9.33. The quantitative estimate of drug-likeness (QED) is 0.718. The van der Waals surface area contributed by atoms with E-state index in [9.17, 15) is 5.26 Å². The number of nitrogens with zero attached hydrogens (tertiary/aromatic N) is 3. The molecule has 0 spiro atoms. The van der Waals surface area contributed by atoms with E-state index in [-0.39, 0.29) is 0 Å². The molecule has 0 saturated carbocycles. The molecule has 0 aliphatic carbocycles. The number of hydrogen-bond acceptors (Lipinski definition) is 6. The Kier molecular flexibility index (Phi) is 5.53. The number of rotatable bonds is 7. The largest absolute Gasteiger partial charge is 0.497 e. The topological polar surface area (TPSA) is 78.5 Å². The van der Waals surface area contributed by atoms with Gasteiger partial charge in [0.25, 0.3) is 0 Å². The molecule has 0 amide bonds. The third-order valence-corrected chi connectivity index (χ3v) is 4.13. The van der Waals surface area contributed by atoms with Crippen molar-refractivity contribution in [1.29, 1.82) is 5.26 Å². The zero-order valence-electron chi connectivity index (χ0n) is 14.2. The van der Waals surface area contributed by atoms with Crippen LogP contribution in [-0.2, 0) is 9.47 Å². The molecule has 1 saturated heterocycles. The van der Waals surface area contributed by atoms with Gasteiger partial charge in [-0.25, -0.2) is 4.68 Å². The molecule has 7 nitrogen and oxygen atoms in total. The van der Waals surface area contributed by atoms with Gasteiger partial charge < -0.3 is 18.9 Å². The lowest BCUT2D eigenvalue weighted by Crippen LogP contribution is -2.38.